The Morgan fingerprint density at radius 3 is 1.96 bits per heavy atom. The first-order chi connectivity index (χ1) is 12.3. The maximum absolute atomic E-state index is 13.4. The van der Waals surface area contributed by atoms with Gasteiger partial charge in [-0.3, -0.25) is 5.10 Å². The Morgan fingerprint density at radius 1 is 0.923 bits per heavy atom. The molecule has 1 aliphatic heterocycles. The quantitative estimate of drug-likeness (QED) is 0.733. The average Bonchev–Trinajstić information content (AvgIpc) is 3.03. The molecular formula is C22H28FN3. The predicted molar refractivity (Wildman–Crippen MR) is 105 cm³/mol. The molecule has 1 aromatic carbocycles. The van der Waals surface area contributed by atoms with Crippen molar-refractivity contribution >= 4 is 0 Å². The molecule has 26 heavy (non-hydrogen) atoms. The van der Waals surface area contributed by atoms with Crippen LogP contribution in [-0.4, -0.2) is 10.2 Å². The summed E-state index contributed by atoms with van der Waals surface area (Å²) in [5.41, 5.74) is 8.31. The van der Waals surface area contributed by atoms with E-state index < -0.39 is 0 Å². The number of nitrogens with zero attached hydrogens (tertiary/aromatic N) is 1. The van der Waals surface area contributed by atoms with Crippen molar-refractivity contribution in [3.63, 3.8) is 0 Å². The number of H-pyrrole nitrogens is 1. The number of benzene rings is 1. The minimum absolute atomic E-state index is 0.176. The van der Waals surface area contributed by atoms with Crippen LogP contribution < -0.4 is 5.32 Å². The van der Waals surface area contributed by atoms with Crippen molar-refractivity contribution in [2.45, 2.75) is 47.5 Å². The van der Waals surface area contributed by atoms with E-state index in [9.17, 15) is 4.39 Å². The van der Waals surface area contributed by atoms with E-state index in [0.29, 0.717) is 11.8 Å². The Labute approximate surface area is 155 Å². The van der Waals surface area contributed by atoms with Gasteiger partial charge in [0.25, 0.3) is 0 Å². The van der Waals surface area contributed by atoms with Gasteiger partial charge in [-0.05, 0) is 61.1 Å². The summed E-state index contributed by atoms with van der Waals surface area (Å²) >= 11 is 0. The number of dihydropyridines is 1. The van der Waals surface area contributed by atoms with Crippen molar-refractivity contribution in [3.8, 4) is 11.3 Å². The Bertz CT molecular complexity index is 824. The number of hydrogen-bond acceptors (Lipinski definition) is 2. The maximum Gasteiger partial charge on any atom is 0.123 e. The fraction of sp³-hybridized carbons (Fsp3) is 0.409. The molecule has 3 nitrogen and oxygen atoms in total. The van der Waals surface area contributed by atoms with Gasteiger partial charge in [0.1, 0.15) is 5.82 Å². The molecule has 0 aliphatic carbocycles. The monoisotopic (exact) mass is 353 g/mol. The van der Waals surface area contributed by atoms with Crippen molar-refractivity contribution in [3.05, 3.63) is 64.4 Å². The third-order valence-corrected chi connectivity index (χ3v) is 5.22. The minimum Gasteiger partial charge on any atom is -0.363 e. The summed E-state index contributed by atoms with van der Waals surface area (Å²) in [5.74, 6) is 0.764. The molecule has 2 N–H and O–H groups in total. The zero-order valence-electron chi connectivity index (χ0n) is 16.4. The van der Waals surface area contributed by atoms with Crippen molar-refractivity contribution in [1.82, 2.24) is 15.5 Å². The molecule has 1 aromatic heterocycles. The standard InChI is InChI=1S/C22H28FN3/c1-12(2)19-14(5)25-15(6)20(13(3)4)21(19)18-11-24-26-22(18)16-7-9-17(23)10-8-16/h7-13,21,25H,1-6H3,(H,24,26). The van der Waals surface area contributed by atoms with Gasteiger partial charge in [0.15, 0.2) is 0 Å². The van der Waals surface area contributed by atoms with E-state index in [1.807, 2.05) is 18.3 Å². The summed E-state index contributed by atoms with van der Waals surface area (Å²) in [6, 6.07) is 6.61. The first-order valence-electron chi connectivity index (χ1n) is 9.28. The second-order valence-corrected chi connectivity index (χ2v) is 7.74. The molecule has 2 aromatic rings. The predicted octanol–water partition coefficient (Wildman–Crippen LogP) is 5.76. The largest absolute Gasteiger partial charge is 0.363 e. The molecule has 0 atom stereocenters. The summed E-state index contributed by atoms with van der Waals surface area (Å²) in [4.78, 5) is 0. The molecule has 0 saturated heterocycles. The Morgan fingerprint density at radius 2 is 1.46 bits per heavy atom. The van der Waals surface area contributed by atoms with Crippen molar-refractivity contribution < 1.29 is 4.39 Å². The third kappa shape index (κ3) is 3.20. The second-order valence-electron chi connectivity index (χ2n) is 7.74. The maximum atomic E-state index is 13.4. The first-order valence-corrected chi connectivity index (χ1v) is 9.28. The third-order valence-electron chi connectivity index (χ3n) is 5.22. The summed E-state index contributed by atoms with van der Waals surface area (Å²) in [6.07, 6.45) is 1.93. The number of allylic oxidation sites excluding steroid dienone is 4. The van der Waals surface area contributed by atoms with E-state index >= 15 is 0 Å². The zero-order valence-corrected chi connectivity index (χ0v) is 16.4. The number of nitrogens with one attached hydrogen (secondary N) is 2. The number of halogens is 1. The molecule has 1 aliphatic rings. The fourth-order valence-electron chi connectivity index (χ4n) is 4.26. The highest BCUT2D eigenvalue weighted by Gasteiger charge is 2.34. The number of aromatic nitrogens is 2. The molecule has 0 saturated carbocycles. The molecule has 2 heterocycles. The van der Waals surface area contributed by atoms with Gasteiger partial charge >= 0.3 is 0 Å². The van der Waals surface area contributed by atoms with Crippen molar-refractivity contribution in [2.75, 3.05) is 0 Å². The molecule has 138 valence electrons. The number of rotatable bonds is 4. The number of hydrogen-bond donors (Lipinski definition) is 2. The first kappa shape index (κ1) is 18.4. The van der Waals surface area contributed by atoms with Crippen molar-refractivity contribution in [2.24, 2.45) is 11.8 Å². The zero-order chi connectivity index (χ0) is 19.0. The van der Waals surface area contributed by atoms with Crippen LogP contribution in [0.15, 0.2) is 53.0 Å². The van der Waals surface area contributed by atoms with Crippen LogP contribution in [0.25, 0.3) is 11.3 Å². The van der Waals surface area contributed by atoms with Crippen molar-refractivity contribution in [1.29, 1.82) is 0 Å². The molecule has 0 bridgehead atoms. The molecule has 0 amide bonds. The smallest absolute Gasteiger partial charge is 0.123 e. The van der Waals surface area contributed by atoms with Crippen LogP contribution in [0.3, 0.4) is 0 Å². The molecule has 0 unspecified atom stereocenters. The summed E-state index contributed by atoms with van der Waals surface area (Å²) < 4.78 is 13.4. The average molecular weight is 353 g/mol. The van der Waals surface area contributed by atoms with Crippen LogP contribution in [-0.2, 0) is 0 Å². The van der Waals surface area contributed by atoms with E-state index in [0.717, 1.165) is 16.8 Å². The second kappa shape index (κ2) is 7.10. The normalized spacial score (nSPS) is 16.0. The molecule has 3 rings (SSSR count). The lowest BCUT2D eigenvalue weighted by molar-refractivity contribution is 0.584. The highest BCUT2D eigenvalue weighted by Crippen LogP contribution is 2.46. The van der Waals surface area contributed by atoms with Gasteiger partial charge in [0.05, 0.1) is 11.9 Å². The van der Waals surface area contributed by atoms with Gasteiger partial charge in [-0.25, -0.2) is 4.39 Å². The minimum atomic E-state index is -0.228. The highest BCUT2D eigenvalue weighted by atomic mass is 19.1. The lowest BCUT2D eigenvalue weighted by Crippen LogP contribution is -2.28. The summed E-state index contributed by atoms with van der Waals surface area (Å²) in [7, 11) is 0. The lowest BCUT2D eigenvalue weighted by Gasteiger charge is -2.36. The Kier molecular flexibility index (Phi) is 5.03. The van der Waals surface area contributed by atoms with E-state index in [2.05, 4.69) is 57.1 Å². The fourth-order valence-corrected chi connectivity index (χ4v) is 4.26. The van der Waals surface area contributed by atoms with E-state index in [1.165, 1.54) is 34.7 Å². The Balaban J connectivity index is 2.20. The van der Waals surface area contributed by atoms with Gasteiger partial charge in [-0.2, -0.15) is 5.10 Å². The topological polar surface area (TPSA) is 40.7 Å². The molecular weight excluding hydrogens is 325 g/mol. The SMILES string of the molecule is CC1=C(C(C)C)C(c2cn[nH]c2-c2ccc(F)cc2)C(C(C)C)=C(C)N1. The van der Waals surface area contributed by atoms with Crippen LogP contribution in [0.2, 0.25) is 0 Å². The van der Waals surface area contributed by atoms with Crippen LogP contribution >= 0.6 is 0 Å². The Hall–Kier alpha value is -2.36. The summed E-state index contributed by atoms with van der Waals surface area (Å²) in [6.45, 7) is 13.3. The van der Waals surface area contributed by atoms with Gasteiger partial charge < -0.3 is 5.32 Å². The summed E-state index contributed by atoms with van der Waals surface area (Å²) in [5, 5.41) is 11.1. The lowest BCUT2D eigenvalue weighted by atomic mass is 9.72. The van der Waals surface area contributed by atoms with E-state index in [-0.39, 0.29) is 11.7 Å². The van der Waals surface area contributed by atoms with E-state index in [4.69, 9.17) is 0 Å². The molecule has 4 heteroatoms. The molecule has 0 spiro atoms. The van der Waals surface area contributed by atoms with Gasteiger partial charge in [-0.1, -0.05) is 27.7 Å². The molecule has 0 radical (unpaired) electrons. The van der Waals surface area contributed by atoms with Crippen LogP contribution in [0.1, 0.15) is 53.0 Å². The number of aromatic amines is 1. The van der Waals surface area contributed by atoms with Crippen LogP contribution in [0.4, 0.5) is 4.39 Å². The van der Waals surface area contributed by atoms with Crippen LogP contribution in [0.5, 0.6) is 0 Å². The van der Waals surface area contributed by atoms with Gasteiger partial charge in [-0.15, -0.1) is 0 Å². The van der Waals surface area contributed by atoms with Crippen LogP contribution in [0, 0.1) is 17.7 Å². The van der Waals surface area contributed by atoms with Gasteiger partial charge in [0.2, 0.25) is 0 Å². The van der Waals surface area contributed by atoms with E-state index in [1.54, 1.807) is 0 Å². The van der Waals surface area contributed by atoms with Gasteiger partial charge in [0, 0.05) is 28.4 Å². The molecule has 0 fully saturated rings. The highest BCUT2D eigenvalue weighted by molar-refractivity contribution is 5.66.